The van der Waals surface area contributed by atoms with E-state index in [1.165, 1.54) is 32.4 Å². The number of hydrogen-bond donors (Lipinski definition) is 2. The van der Waals surface area contributed by atoms with E-state index in [2.05, 4.69) is 41.3 Å². The molecule has 0 amide bonds. The van der Waals surface area contributed by atoms with Crippen LogP contribution in [-0.2, 0) is 0 Å². The van der Waals surface area contributed by atoms with Crippen molar-refractivity contribution in [1.29, 1.82) is 0 Å². The average Bonchev–Trinajstić information content (AvgIpc) is 2.84. The first kappa shape index (κ1) is 14.3. The highest BCUT2D eigenvalue weighted by Gasteiger charge is 2.19. The first-order valence-electron chi connectivity index (χ1n) is 7.08. The summed E-state index contributed by atoms with van der Waals surface area (Å²) in [5, 5.41) is 6.55. The minimum Gasteiger partial charge on any atom is -0.357 e. The fraction of sp³-hybridized carbons (Fsp3) is 0.923. The molecule has 0 saturated carbocycles. The number of likely N-dealkylation sites (tertiary alicyclic amines) is 1. The summed E-state index contributed by atoms with van der Waals surface area (Å²) >= 11 is 0. The van der Waals surface area contributed by atoms with Crippen molar-refractivity contribution in [3.63, 3.8) is 0 Å². The fourth-order valence-electron chi connectivity index (χ4n) is 2.32. The third-order valence-electron chi connectivity index (χ3n) is 3.28. The first-order chi connectivity index (χ1) is 8.31. The molecule has 4 nitrogen and oxygen atoms in total. The van der Waals surface area contributed by atoms with Crippen molar-refractivity contribution in [3.05, 3.63) is 0 Å². The van der Waals surface area contributed by atoms with Crippen LogP contribution in [0.1, 0.15) is 40.0 Å². The van der Waals surface area contributed by atoms with Crippen LogP contribution in [0.2, 0.25) is 0 Å². The van der Waals surface area contributed by atoms with Gasteiger partial charge in [-0.05, 0) is 46.2 Å². The molecule has 1 saturated heterocycles. The molecule has 0 bridgehead atoms. The summed E-state index contributed by atoms with van der Waals surface area (Å²) in [4.78, 5) is 7.25. The van der Waals surface area contributed by atoms with Gasteiger partial charge in [-0.15, -0.1) is 0 Å². The van der Waals surface area contributed by atoms with Crippen molar-refractivity contribution in [2.45, 2.75) is 46.1 Å². The minimum absolute atomic E-state index is 0.616. The third-order valence-corrected chi connectivity index (χ3v) is 3.28. The summed E-state index contributed by atoms with van der Waals surface area (Å²) in [5.74, 6) is 0.952. The van der Waals surface area contributed by atoms with Gasteiger partial charge < -0.3 is 10.6 Å². The molecule has 1 atom stereocenters. The van der Waals surface area contributed by atoms with Gasteiger partial charge in [0.25, 0.3) is 0 Å². The fourth-order valence-corrected chi connectivity index (χ4v) is 2.32. The number of aliphatic imine (C=N–C) groups is 1. The maximum Gasteiger partial charge on any atom is 0.191 e. The first-order valence-corrected chi connectivity index (χ1v) is 7.08. The summed E-state index contributed by atoms with van der Waals surface area (Å²) in [6.45, 7) is 11.7. The molecule has 0 spiro atoms. The maximum absolute atomic E-state index is 4.67. The van der Waals surface area contributed by atoms with Crippen molar-refractivity contribution >= 4 is 5.96 Å². The molecular weight excluding hydrogens is 212 g/mol. The summed E-state index contributed by atoms with van der Waals surface area (Å²) in [7, 11) is 0. The van der Waals surface area contributed by atoms with Crippen LogP contribution in [-0.4, -0.2) is 49.6 Å². The van der Waals surface area contributed by atoms with Crippen LogP contribution in [0, 0.1) is 0 Å². The molecule has 0 aliphatic carbocycles. The van der Waals surface area contributed by atoms with E-state index in [4.69, 9.17) is 0 Å². The average molecular weight is 240 g/mol. The molecule has 0 aromatic rings. The van der Waals surface area contributed by atoms with E-state index in [0.717, 1.165) is 25.6 Å². The van der Waals surface area contributed by atoms with E-state index in [9.17, 15) is 0 Å². The Hall–Kier alpha value is -0.770. The number of nitrogens with one attached hydrogen (secondary N) is 2. The molecule has 1 rings (SSSR count). The van der Waals surface area contributed by atoms with Crippen LogP contribution >= 0.6 is 0 Å². The Labute approximate surface area is 106 Å². The zero-order valence-corrected chi connectivity index (χ0v) is 11.6. The Morgan fingerprint density at radius 2 is 1.71 bits per heavy atom. The second-order valence-corrected chi connectivity index (χ2v) is 4.56. The van der Waals surface area contributed by atoms with Gasteiger partial charge in [0, 0.05) is 19.1 Å². The topological polar surface area (TPSA) is 39.7 Å². The highest BCUT2D eigenvalue weighted by atomic mass is 15.2. The van der Waals surface area contributed by atoms with Crippen LogP contribution < -0.4 is 10.6 Å². The van der Waals surface area contributed by atoms with E-state index < -0.39 is 0 Å². The Balaban J connectivity index is 2.44. The summed E-state index contributed by atoms with van der Waals surface area (Å²) < 4.78 is 0. The lowest BCUT2D eigenvalue weighted by atomic mass is 10.2. The summed E-state index contributed by atoms with van der Waals surface area (Å²) in [5.41, 5.74) is 0. The molecule has 1 unspecified atom stereocenters. The van der Waals surface area contributed by atoms with Crippen molar-refractivity contribution in [2.75, 3.05) is 32.7 Å². The minimum atomic E-state index is 0.616. The number of nitrogens with zero attached hydrogens (tertiary/aromatic N) is 2. The molecule has 17 heavy (non-hydrogen) atoms. The van der Waals surface area contributed by atoms with Crippen LogP contribution in [0.25, 0.3) is 0 Å². The van der Waals surface area contributed by atoms with Gasteiger partial charge in [-0.3, -0.25) is 9.89 Å². The predicted molar refractivity (Wildman–Crippen MR) is 74.5 cm³/mol. The van der Waals surface area contributed by atoms with Gasteiger partial charge in [0.1, 0.15) is 0 Å². The highest BCUT2D eigenvalue weighted by molar-refractivity contribution is 5.79. The molecule has 2 N–H and O–H groups in total. The van der Waals surface area contributed by atoms with Crippen LogP contribution in [0.4, 0.5) is 0 Å². The normalized spacial score (nSPS) is 17.8. The third kappa shape index (κ3) is 4.94. The zero-order valence-electron chi connectivity index (χ0n) is 11.6. The van der Waals surface area contributed by atoms with Gasteiger partial charge in [-0.2, -0.15) is 0 Å². The van der Waals surface area contributed by atoms with Crippen LogP contribution in [0.15, 0.2) is 4.99 Å². The van der Waals surface area contributed by atoms with E-state index in [1.54, 1.807) is 0 Å². The van der Waals surface area contributed by atoms with Crippen molar-refractivity contribution in [2.24, 2.45) is 4.99 Å². The summed E-state index contributed by atoms with van der Waals surface area (Å²) in [6, 6.07) is 0.616. The SMILES string of the molecule is CCNC(=NCC(CC)N1CCCC1)NCC. The quantitative estimate of drug-likeness (QED) is 0.545. The van der Waals surface area contributed by atoms with Crippen molar-refractivity contribution in [3.8, 4) is 0 Å². The molecular formula is C13H28N4. The van der Waals surface area contributed by atoms with E-state index >= 15 is 0 Å². The van der Waals surface area contributed by atoms with Gasteiger partial charge in [-0.25, -0.2) is 0 Å². The molecule has 4 heteroatoms. The Morgan fingerprint density at radius 3 is 2.18 bits per heavy atom. The zero-order chi connectivity index (χ0) is 12.5. The van der Waals surface area contributed by atoms with Gasteiger partial charge in [-0.1, -0.05) is 6.92 Å². The molecule has 100 valence electrons. The lowest BCUT2D eigenvalue weighted by molar-refractivity contribution is 0.242. The monoisotopic (exact) mass is 240 g/mol. The number of rotatable bonds is 6. The van der Waals surface area contributed by atoms with Crippen LogP contribution in [0.5, 0.6) is 0 Å². The molecule has 0 radical (unpaired) electrons. The van der Waals surface area contributed by atoms with Gasteiger partial charge >= 0.3 is 0 Å². The number of hydrogen-bond acceptors (Lipinski definition) is 2. The lowest BCUT2D eigenvalue weighted by Gasteiger charge is -2.25. The molecule has 1 heterocycles. The smallest absolute Gasteiger partial charge is 0.191 e. The molecule has 1 aliphatic rings. The maximum atomic E-state index is 4.67. The van der Waals surface area contributed by atoms with E-state index in [1.807, 2.05) is 0 Å². The molecule has 1 fully saturated rings. The van der Waals surface area contributed by atoms with E-state index in [-0.39, 0.29) is 0 Å². The predicted octanol–water partition coefficient (Wildman–Crippen LogP) is 1.44. The highest BCUT2D eigenvalue weighted by Crippen LogP contribution is 2.14. The van der Waals surface area contributed by atoms with Crippen molar-refractivity contribution in [1.82, 2.24) is 15.5 Å². The standard InChI is InChI=1S/C13H28N4/c1-4-12(17-9-7-8-10-17)11-16-13(14-5-2)15-6-3/h12H,4-11H2,1-3H3,(H2,14,15,16). The lowest BCUT2D eigenvalue weighted by Crippen LogP contribution is -2.40. The largest absolute Gasteiger partial charge is 0.357 e. The second-order valence-electron chi connectivity index (χ2n) is 4.56. The summed E-state index contributed by atoms with van der Waals surface area (Å²) in [6.07, 6.45) is 3.90. The Bertz CT molecular complexity index is 213. The van der Waals surface area contributed by atoms with Crippen LogP contribution in [0.3, 0.4) is 0 Å². The van der Waals surface area contributed by atoms with Gasteiger partial charge in [0.15, 0.2) is 5.96 Å². The van der Waals surface area contributed by atoms with Gasteiger partial charge in [0.05, 0.1) is 6.54 Å². The van der Waals surface area contributed by atoms with E-state index in [0.29, 0.717) is 6.04 Å². The molecule has 0 aromatic carbocycles. The van der Waals surface area contributed by atoms with Crippen molar-refractivity contribution < 1.29 is 0 Å². The number of guanidine groups is 1. The van der Waals surface area contributed by atoms with Gasteiger partial charge in [0.2, 0.25) is 0 Å². The molecule has 0 aromatic heterocycles. The molecule has 1 aliphatic heterocycles. The second kappa shape index (κ2) is 8.34. The Kier molecular flexibility index (Phi) is 7.01. The Morgan fingerprint density at radius 1 is 1.12 bits per heavy atom.